The first-order chi connectivity index (χ1) is 9.40. The number of likely N-dealkylation sites (N-methyl/N-ethyl adjacent to an activating group) is 1. The molecule has 0 aliphatic carbocycles. The van der Waals surface area contributed by atoms with E-state index in [1.54, 1.807) is 0 Å². The predicted molar refractivity (Wildman–Crippen MR) is 88.7 cm³/mol. The molecule has 3 nitrogen and oxygen atoms in total. The number of likely N-dealkylation sites (tertiary alicyclic amines) is 1. The van der Waals surface area contributed by atoms with Gasteiger partial charge >= 0.3 is 0 Å². The molecule has 0 bridgehead atoms. The Bertz CT molecular complexity index is 447. The zero-order valence-corrected chi connectivity index (χ0v) is 14.5. The monoisotopic (exact) mass is 339 g/mol. The Labute approximate surface area is 131 Å². The van der Waals surface area contributed by atoms with Gasteiger partial charge in [0.05, 0.1) is 0 Å². The quantitative estimate of drug-likeness (QED) is 0.915. The fourth-order valence-corrected chi connectivity index (χ4v) is 3.84. The molecule has 20 heavy (non-hydrogen) atoms. The van der Waals surface area contributed by atoms with Crippen molar-refractivity contribution in [1.29, 1.82) is 0 Å². The molecule has 2 N–H and O–H groups in total. The van der Waals surface area contributed by atoms with Gasteiger partial charge in [-0.05, 0) is 44.6 Å². The van der Waals surface area contributed by atoms with E-state index in [1.165, 1.54) is 5.56 Å². The van der Waals surface area contributed by atoms with Gasteiger partial charge < -0.3 is 10.6 Å². The third kappa shape index (κ3) is 3.42. The van der Waals surface area contributed by atoms with E-state index in [4.69, 9.17) is 5.73 Å². The van der Waals surface area contributed by atoms with Crippen LogP contribution in [0.1, 0.15) is 25.5 Å². The molecule has 1 aromatic carbocycles. The van der Waals surface area contributed by atoms with Gasteiger partial charge in [0.25, 0.3) is 0 Å². The SMILES string of the molecule is CC(N)C(c1cccc(Br)c1)N1CC(C)C(N(C)C)C1. The molecule has 1 saturated heterocycles. The minimum atomic E-state index is 0.123. The third-order valence-corrected chi connectivity index (χ3v) is 4.84. The van der Waals surface area contributed by atoms with Crippen LogP contribution in [0.25, 0.3) is 0 Å². The van der Waals surface area contributed by atoms with Crippen molar-refractivity contribution in [1.82, 2.24) is 9.80 Å². The highest BCUT2D eigenvalue weighted by Crippen LogP contribution is 2.32. The van der Waals surface area contributed by atoms with Crippen molar-refractivity contribution < 1.29 is 0 Å². The highest BCUT2D eigenvalue weighted by atomic mass is 79.9. The highest BCUT2D eigenvalue weighted by Gasteiger charge is 2.36. The van der Waals surface area contributed by atoms with Gasteiger partial charge in [0, 0.05) is 35.7 Å². The van der Waals surface area contributed by atoms with Crippen molar-refractivity contribution in [3.63, 3.8) is 0 Å². The van der Waals surface area contributed by atoms with Gasteiger partial charge in [-0.1, -0.05) is 35.0 Å². The van der Waals surface area contributed by atoms with E-state index >= 15 is 0 Å². The summed E-state index contributed by atoms with van der Waals surface area (Å²) in [5.74, 6) is 0.679. The van der Waals surface area contributed by atoms with Gasteiger partial charge in [0.2, 0.25) is 0 Å². The molecule has 1 heterocycles. The molecule has 112 valence electrons. The molecule has 0 radical (unpaired) electrons. The number of halogens is 1. The number of nitrogens with zero attached hydrogens (tertiary/aromatic N) is 2. The summed E-state index contributed by atoms with van der Waals surface area (Å²) in [6.45, 7) is 6.65. The lowest BCUT2D eigenvalue weighted by atomic mass is 9.99. The molecule has 4 atom stereocenters. The van der Waals surface area contributed by atoms with Crippen molar-refractivity contribution in [2.45, 2.75) is 32.0 Å². The van der Waals surface area contributed by atoms with Gasteiger partial charge in [-0.3, -0.25) is 4.90 Å². The standard InChI is InChI=1S/C16H26BrN3/c1-11-9-20(10-15(11)19(3)4)16(12(2)18)13-6-5-7-14(17)8-13/h5-8,11-12,15-16H,9-10,18H2,1-4H3. The van der Waals surface area contributed by atoms with Crippen molar-refractivity contribution >= 4 is 15.9 Å². The second kappa shape index (κ2) is 6.56. The summed E-state index contributed by atoms with van der Waals surface area (Å²) >= 11 is 3.57. The van der Waals surface area contributed by atoms with Crippen LogP contribution in [0.4, 0.5) is 0 Å². The van der Waals surface area contributed by atoms with Crippen molar-refractivity contribution in [3.05, 3.63) is 34.3 Å². The smallest absolute Gasteiger partial charge is 0.0497 e. The summed E-state index contributed by atoms with van der Waals surface area (Å²) < 4.78 is 1.12. The minimum Gasteiger partial charge on any atom is -0.326 e. The summed E-state index contributed by atoms with van der Waals surface area (Å²) in [6.07, 6.45) is 0. The number of benzene rings is 1. The zero-order valence-electron chi connectivity index (χ0n) is 12.9. The maximum Gasteiger partial charge on any atom is 0.0497 e. The van der Waals surface area contributed by atoms with Crippen LogP contribution in [-0.2, 0) is 0 Å². The van der Waals surface area contributed by atoms with E-state index in [2.05, 4.69) is 77.9 Å². The number of hydrogen-bond donors (Lipinski definition) is 1. The lowest BCUT2D eigenvalue weighted by molar-refractivity contribution is 0.197. The first kappa shape index (κ1) is 16.0. The number of rotatable bonds is 4. The molecule has 1 fully saturated rings. The first-order valence-corrected chi connectivity index (χ1v) is 8.11. The summed E-state index contributed by atoms with van der Waals surface area (Å²) in [7, 11) is 4.34. The van der Waals surface area contributed by atoms with E-state index < -0.39 is 0 Å². The van der Waals surface area contributed by atoms with E-state index in [0.29, 0.717) is 18.0 Å². The molecule has 0 aromatic heterocycles. The molecule has 4 heteroatoms. The molecule has 1 aliphatic heterocycles. The van der Waals surface area contributed by atoms with Crippen LogP contribution in [0.3, 0.4) is 0 Å². The van der Waals surface area contributed by atoms with Crippen LogP contribution in [-0.4, -0.2) is 49.1 Å². The first-order valence-electron chi connectivity index (χ1n) is 7.31. The molecule has 0 amide bonds. The fourth-order valence-electron chi connectivity index (χ4n) is 3.42. The van der Waals surface area contributed by atoms with Gasteiger partial charge in [-0.2, -0.15) is 0 Å². The Morgan fingerprint density at radius 2 is 2.05 bits per heavy atom. The topological polar surface area (TPSA) is 32.5 Å². The van der Waals surface area contributed by atoms with Crippen molar-refractivity contribution in [2.75, 3.05) is 27.2 Å². The summed E-state index contributed by atoms with van der Waals surface area (Å²) in [6, 6.07) is 9.57. The fraction of sp³-hybridized carbons (Fsp3) is 0.625. The minimum absolute atomic E-state index is 0.123. The van der Waals surface area contributed by atoms with E-state index in [-0.39, 0.29) is 6.04 Å². The van der Waals surface area contributed by atoms with Crippen molar-refractivity contribution in [2.24, 2.45) is 11.7 Å². The molecule has 1 aliphatic rings. The molecule has 2 rings (SSSR count). The van der Waals surface area contributed by atoms with E-state index in [1.807, 2.05) is 0 Å². The second-order valence-corrected chi connectivity index (χ2v) is 7.24. The average Bonchev–Trinajstić information content (AvgIpc) is 2.71. The molecular formula is C16H26BrN3. The summed E-state index contributed by atoms with van der Waals surface area (Å²) in [4.78, 5) is 4.88. The van der Waals surface area contributed by atoms with Crippen LogP contribution in [0.5, 0.6) is 0 Å². The Morgan fingerprint density at radius 1 is 1.35 bits per heavy atom. The van der Waals surface area contributed by atoms with Gasteiger partial charge in [-0.15, -0.1) is 0 Å². The predicted octanol–water partition coefficient (Wildman–Crippen LogP) is 2.72. The van der Waals surface area contributed by atoms with Gasteiger partial charge in [-0.25, -0.2) is 0 Å². The third-order valence-electron chi connectivity index (χ3n) is 4.35. The van der Waals surface area contributed by atoms with Crippen LogP contribution in [0, 0.1) is 5.92 Å². The van der Waals surface area contributed by atoms with Crippen LogP contribution in [0.15, 0.2) is 28.7 Å². The Kier molecular flexibility index (Phi) is 5.24. The lowest BCUT2D eigenvalue weighted by Gasteiger charge is -2.32. The average molecular weight is 340 g/mol. The van der Waals surface area contributed by atoms with Gasteiger partial charge in [0.15, 0.2) is 0 Å². The molecule has 0 saturated carbocycles. The normalized spacial score (nSPS) is 26.9. The maximum absolute atomic E-state index is 6.29. The van der Waals surface area contributed by atoms with Crippen LogP contribution >= 0.6 is 15.9 Å². The summed E-state index contributed by atoms with van der Waals surface area (Å²) in [5, 5.41) is 0. The Balaban J connectivity index is 2.23. The van der Waals surface area contributed by atoms with Crippen molar-refractivity contribution in [3.8, 4) is 0 Å². The second-order valence-electron chi connectivity index (χ2n) is 6.32. The van der Waals surface area contributed by atoms with Crippen LogP contribution in [0.2, 0.25) is 0 Å². The van der Waals surface area contributed by atoms with E-state index in [0.717, 1.165) is 17.6 Å². The zero-order chi connectivity index (χ0) is 14.9. The molecule has 0 spiro atoms. The number of nitrogens with two attached hydrogens (primary N) is 1. The van der Waals surface area contributed by atoms with E-state index in [9.17, 15) is 0 Å². The maximum atomic E-state index is 6.29. The Hall–Kier alpha value is -0.420. The summed E-state index contributed by atoms with van der Waals surface area (Å²) in [5.41, 5.74) is 7.60. The largest absolute Gasteiger partial charge is 0.326 e. The lowest BCUT2D eigenvalue weighted by Crippen LogP contribution is -2.40. The number of hydrogen-bond acceptors (Lipinski definition) is 3. The van der Waals surface area contributed by atoms with Gasteiger partial charge in [0.1, 0.15) is 0 Å². The molecule has 1 aromatic rings. The Morgan fingerprint density at radius 3 is 2.55 bits per heavy atom. The van der Waals surface area contributed by atoms with Crippen LogP contribution < -0.4 is 5.73 Å². The molecular weight excluding hydrogens is 314 g/mol. The molecule has 4 unspecified atom stereocenters. The highest BCUT2D eigenvalue weighted by molar-refractivity contribution is 9.10.